The summed E-state index contributed by atoms with van der Waals surface area (Å²) in [6.07, 6.45) is 3.60. The number of pyridine rings is 1. The van der Waals surface area contributed by atoms with E-state index in [1.807, 2.05) is 37.3 Å². The lowest BCUT2D eigenvalue weighted by molar-refractivity contribution is 0.0917. The number of nitrogens with one attached hydrogen (secondary N) is 2. The average molecular weight is 516 g/mol. The molecule has 0 saturated carbocycles. The number of nitrogens with zero attached hydrogens (tertiary/aromatic N) is 5. The van der Waals surface area contributed by atoms with E-state index < -0.39 is 6.03 Å². The van der Waals surface area contributed by atoms with E-state index in [-0.39, 0.29) is 11.9 Å². The molecule has 188 valence electrons. The molecule has 5 heterocycles. The summed E-state index contributed by atoms with van der Waals surface area (Å²) in [5.41, 5.74) is 1.80. The molecule has 2 aliphatic heterocycles. The van der Waals surface area contributed by atoms with E-state index in [1.165, 1.54) is 16.2 Å². The van der Waals surface area contributed by atoms with E-state index in [9.17, 15) is 9.59 Å². The van der Waals surface area contributed by atoms with Gasteiger partial charge in [-0.05, 0) is 57.1 Å². The number of rotatable bonds is 5. The molecule has 1 unspecified atom stereocenters. The number of hydrogen-bond acceptors (Lipinski definition) is 8. The average Bonchev–Trinajstić information content (AvgIpc) is 3.25. The van der Waals surface area contributed by atoms with Crippen LogP contribution in [0.4, 0.5) is 22.0 Å². The van der Waals surface area contributed by atoms with Crippen molar-refractivity contribution in [2.45, 2.75) is 25.8 Å². The van der Waals surface area contributed by atoms with Gasteiger partial charge in [0.15, 0.2) is 5.82 Å². The Morgan fingerprint density at radius 2 is 2.05 bits per heavy atom. The van der Waals surface area contributed by atoms with Crippen LogP contribution in [0.1, 0.15) is 28.1 Å². The smallest absolute Gasteiger partial charge is 0.332 e. The minimum Gasteiger partial charge on any atom is -0.438 e. The number of amides is 3. The van der Waals surface area contributed by atoms with Gasteiger partial charge in [0.1, 0.15) is 15.5 Å². The fourth-order valence-electron chi connectivity index (χ4n) is 4.82. The highest BCUT2D eigenvalue weighted by Gasteiger charge is 2.34. The first-order valence-corrected chi connectivity index (χ1v) is 12.9. The maximum absolute atomic E-state index is 13.4. The third-order valence-corrected chi connectivity index (χ3v) is 7.62. The summed E-state index contributed by atoms with van der Waals surface area (Å²) in [6, 6.07) is 12.5. The molecule has 10 nitrogen and oxygen atoms in total. The topological polar surface area (TPSA) is 113 Å². The Morgan fingerprint density at radius 1 is 1.22 bits per heavy atom. The summed E-state index contributed by atoms with van der Waals surface area (Å²) in [7, 11) is 2.05. The molecule has 3 aromatic heterocycles. The van der Waals surface area contributed by atoms with Gasteiger partial charge in [0.25, 0.3) is 5.91 Å². The molecule has 1 saturated heterocycles. The van der Waals surface area contributed by atoms with Crippen LogP contribution in [-0.4, -0.2) is 58.2 Å². The standard InChI is InChI=1S/C26H25N7O3S/c1-15-13-19(36-17-8-4-3-5-9-17)30-31-23(15)33-18-10-11-27-25-20(18)21(29-26(33)35)22(37-25)24(34)28-16-7-6-12-32(2)14-16/h3-5,8-11,13,16H,6-7,12,14H2,1-2H3,(H,28,34)(H,29,35). The number of thiophene rings is 1. The predicted molar refractivity (Wildman–Crippen MR) is 142 cm³/mol. The summed E-state index contributed by atoms with van der Waals surface area (Å²) in [6.45, 7) is 3.68. The van der Waals surface area contributed by atoms with Crippen molar-refractivity contribution >= 4 is 50.7 Å². The normalized spacial score (nSPS) is 17.5. The number of hydrogen-bond donors (Lipinski definition) is 2. The number of ether oxygens (including phenoxy) is 1. The lowest BCUT2D eigenvalue weighted by Crippen LogP contribution is -2.46. The molecule has 0 bridgehead atoms. The molecule has 1 aromatic carbocycles. The van der Waals surface area contributed by atoms with Crippen LogP contribution in [0.3, 0.4) is 0 Å². The molecule has 37 heavy (non-hydrogen) atoms. The highest BCUT2D eigenvalue weighted by molar-refractivity contribution is 7.21. The van der Waals surface area contributed by atoms with Gasteiger partial charge in [-0.15, -0.1) is 21.5 Å². The molecule has 0 spiro atoms. The first-order chi connectivity index (χ1) is 18.0. The van der Waals surface area contributed by atoms with Crippen molar-refractivity contribution in [1.82, 2.24) is 25.4 Å². The van der Waals surface area contributed by atoms with Crippen LogP contribution < -0.4 is 20.3 Å². The first-order valence-electron chi connectivity index (χ1n) is 12.1. The SMILES string of the molecule is Cc1cc(Oc2ccccc2)nnc1N1C(=O)Nc2c(C(=O)NC3CCCN(C)C3)sc3nccc1c23. The predicted octanol–water partition coefficient (Wildman–Crippen LogP) is 4.69. The molecule has 6 rings (SSSR count). The van der Waals surface area contributed by atoms with Crippen molar-refractivity contribution in [2.24, 2.45) is 0 Å². The van der Waals surface area contributed by atoms with Crippen LogP contribution in [0.2, 0.25) is 0 Å². The Kier molecular flexibility index (Phi) is 5.93. The molecule has 0 radical (unpaired) electrons. The number of anilines is 3. The van der Waals surface area contributed by atoms with Crippen molar-refractivity contribution in [1.29, 1.82) is 0 Å². The van der Waals surface area contributed by atoms with Gasteiger partial charge in [0, 0.05) is 24.8 Å². The Bertz CT molecular complexity index is 1510. The summed E-state index contributed by atoms with van der Waals surface area (Å²) in [5.74, 6) is 1.15. The van der Waals surface area contributed by atoms with Crippen LogP contribution in [-0.2, 0) is 0 Å². The Hall–Kier alpha value is -4.09. The van der Waals surface area contributed by atoms with E-state index >= 15 is 0 Å². The molecule has 3 amide bonds. The lowest BCUT2D eigenvalue weighted by Gasteiger charge is -2.30. The Morgan fingerprint density at radius 3 is 2.84 bits per heavy atom. The third-order valence-electron chi connectivity index (χ3n) is 6.53. The van der Waals surface area contributed by atoms with Gasteiger partial charge in [-0.25, -0.2) is 14.7 Å². The van der Waals surface area contributed by atoms with Gasteiger partial charge in [-0.1, -0.05) is 18.2 Å². The monoisotopic (exact) mass is 515 g/mol. The highest BCUT2D eigenvalue weighted by atomic mass is 32.1. The second kappa shape index (κ2) is 9.41. The second-order valence-corrected chi connectivity index (χ2v) is 10.3. The van der Waals surface area contributed by atoms with Crippen molar-refractivity contribution in [3.05, 3.63) is 59.1 Å². The van der Waals surface area contributed by atoms with Crippen LogP contribution >= 0.6 is 11.3 Å². The number of aryl methyl sites for hydroxylation is 1. The maximum Gasteiger partial charge on any atom is 0.332 e. The number of aromatic nitrogens is 3. The van der Waals surface area contributed by atoms with Crippen LogP contribution in [0.5, 0.6) is 11.6 Å². The second-order valence-electron chi connectivity index (χ2n) is 9.26. The van der Waals surface area contributed by atoms with Gasteiger partial charge in [-0.2, -0.15) is 0 Å². The molecule has 1 atom stereocenters. The zero-order chi connectivity index (χ0) is 25.5. The van der Waals surface area contributed by atoms with Gasteiger partial charge in [-0.3, -0.25) is 4.79 Å². The molecule has 11 heteroatoms. The minimum absolute atomic E-state index is 0.0708. The van der Waals surface area contributed by atoms with Crippen molar-refractivity contribution < 1.29 is 14.3 Å². The highest BCUT2D eigenvalue weighted by Crippen LogP contribution is 2.45. The zero-order valence-electron chi connectivity index (χ0n) is 20.4. The van der Waals surface area contributed by atoms with Gasteiger partial charge >= 0.3 is 6.03 Å². The van der Waals surface area contributed by atoms with E-state index in [0.29, 0.717) is 49.5 Å². The third kappa shape index (κ3) is 4.36. The molecular formula is C26H25N7O3S. The molecule has 4 aromatic rings. The Labute approximate surface area is 217 Å². The number of para-hydroxylation sites is 1. The van der Waals surface area contributed by atoms with E-state index in [4.69, 9.17) is 4.74 Å². The number of likely N-dealkylation sites (tertiary alicyclic amines) is 1. The lowest BCUT2D eigenvalue weighted by atomic mass is 10.1. The van der Waals surface area contributed by atoms with Crippen LogP contribution in [0.25, 0.3) is 10.2 Å². The van der Waals surface area contributed by atoms with E-state index in [0.717, 1.165) is 25.9 Å². The van der Waals surface area contributed by atoms with Gasteiger partial charge < -0.3 is 20.3 Å². The maximum atomic E-state index is 13.4. The number of carbonyl (C=O) groups is 2. The van der Waals surface area contributed by atoms with Crippen LogP contribution in [0.15, 0.2) is 48.7 Å². The fourth-order valence-corrected chi connectivity index (χ4v) is 5.85. The Balaban J connectivity index is 1.33. The van der Waals surface area contributed by atoms with E-state index in [2.05, 4.69) is 37.8 Å². The molecule has 2 N–H and O–H groups in total. The summed E-state index contributed by atoms with van der Waals surface area (Å²) in [4.78, 5) is 35.9. The number of piperidine rings is 1. The quantitative estimate of drug-likeness (QED) is 0.396. The van der Waals surface area contributed by atoms with Crippen molar-refractivity contribution in [2.75, 3.05) is 30.4 Å². The number of benzene rings is 1. The number of urea groups is 1. The zero-order valence-corrected chi connectivity index (χ0v) is 21.2. The minimum atomic E-state index is -0.418. The number of likely N-dealkylation sites (N-methyl/N-ethyl adjacent to an activating group) is 1. The number of carbonyl (C=O) groups excluding carboxylic acids is 2. The molecule has 0 aliphatic carbocycles. The summed E-state index contributed by atoms with van der Waals surface area (Å²) < 4.78 is 5.79. The molecule has 1 fully saturated rings. The summed E-state index contributed by atoms with van der Waals surface area (Å²) >= 11 is 1.27. The fraction of sp³-hybridized carbons (Fsp3) is 0.269. The van der Waals surface area contributed by atoms with Crippen molar-refractivity contribution in [3.63, 3.8) is 0 Å². The van der Waals surface area contributed by atoms with Gasteiger partial charge in [0.2, 0.25) is 5.88 Å². The van der Waals surface area contributed by atoms with Crippen molar-refractivity contribution in [3.8, 4) is 11.6 Å². The van der Waals surface area contributed by atoms with Crippen LogP contribution in [0, 0.1) is 6.92 Å². The van der Waals surface area contributed by atoms with E-state index in [1.54, 1.807) is 18.3 Å². The molecular weight excluding hydrogens is 490 g/mol. The first kappa shape index (κ1) is 23.3. The largest absolute Gasteiger partial charge is 0.438 e. The molecule has 2 aliphatic rings. The van der Waals surface area contributed by atoms with Gasteiger partial charge in [0.05, 0.1) is 16.8 Å². The summed E-state index contributed by atoms with van der Waals surface area (Å²) in [5, 5.41) is 15.3.